The standard InChI is InChI=1S/C23H18BrN3O2/c1-14-6-3-4-8-19(14)26-23-18(13-16-12-17(24)10-11-20(16)29-23)22(28)27-21-9-5-7-15(2)25-21/h3-13H,1-2H3,(H,25,27,28). The van der Waals surface area contributed by atoms with E-state index in [-0.39, 0.29) is 11.5 Å². The highest BCUT2D eigenvalue weighted by atomic mass is 79.9. The molecule has 0 saturated heterocycles. The van der Waals surface area contributed by atoms with Crippen LogP contribution in [0.3, 0.4) is 0 Å². The van der Waals surface area contributed by atoms with Gasteiger partial charge in [-0.2, -0.15) is 0 Å². The van der Waals surface area contributed by atoms with Crippen LogP contribution >= 0.6 is 15.9 Å². The maximum Gasteiger partial charge on any atom is 0.262 e. The minimum Gasteiger partial charge on any atom is -0.438 e. The lowest BCUT2D eigenvalue weighted by molar-refractivity contribution is 0.102. The molecule has 0 aliphatic heterocycles. The van der Waals surface area contributed by atoms with Crippen LogP contribution in [-0.4, -0.2) is 10.9 Å². The summed E-state index contributed by atoms with van der Waals surface area (Å²) < 4.78 is 6.92. The Morgan fingerprint density at radius 2 is 1.86 bits per heavy atom. The maximum atomic E-state index is 13.1. The largest absolute Gasteiger partial charge is 0.438 e. The average Bonchev–Trinajstić information content (AvgIpc) is 2.69. The zero-order valence-electron chi connectivity index (χ0n) is 15.9. The summed E-state index contributed by atoms with van der Waals surface area (Å²) in [4.78, 5) is 22.0. The van der Waals surface area contributed by atoms with Gasteiger partial charge in [0.25, 0.3) is 5.91 Å². The molecule has 2 aromatic heterocycles. The topological polar surface area (TPSA) is 67.5 Å². The molecule has 0 atom stereocenters. The van der Waals surface area contributed by atoms with E-state index in [0.29, 0.717) is 17.0 Å². The number of pyridine rings is 1. The highest BCUT2D eigenvalue weighted by Crippen LogP contribution is 2.21. The summed E-state index contributed by atoms with van der Waals surface area (Å²) in [5, 5.41) is 3.63. The zero-order valence-corrected chi connectivity index (χ0v) is 17.5. The van der Waals surface area contributed by atoms with Crippen molar-refractivity contribution in [2.45, 2.75) is 13.8 Å². The van der Waals surface area contributed by atoms with Crippen LogP contribution in [0, 0.1) is 13.8 Å². The van der Waals surface area contributed by atoms with Gasteiger partial charge in [0.15, 0.2) is 0 Å². The smallest absolute Gasteiger partial charge is 0.262 e. The normalized spacial score (nSPS) is 11.6. The van der Waals surface area contributed by atoms with Crippen molar-refractivity contribution in [3.05, 3.63) is 93.6 Å². The number of carbonyl (C=O) groups excluding carboxylic acids is 1. The van der Waals surface area contributed by atoms with Crippen LogP contribution in [0.1, 0.15) is 21.6 Å². The van der Waals surface area contributed by atoms with Gasteiger partial charge in [-0.25, -0.2) is 9.98 Å². The number of aryl methyl sites for hydroxylation is 2. The second-order valence-electron chi connectivity index (χ2n) is 6.66. The van der Waals surface area contributed by atoms with Crippen molar-refractivity contribution in [3.63, 3.8) is 0 Å². The fourth-order valence-corrected chi connectivity index (χ4v) is 3.32. The molecule has 5 nitrogen and oxygen atoms in total. The minimum absolute atomic E-state index is 0.249. The molecule has 0 aliphatic carbocycles. The third-order valence-corrected chi connectivity index (χ3v) is 4.91. The van der Waals surface area contributed by atoms with Gasteiger partial charge < -0.3 is 9.73 Å². The Balaban J connectivity index is 1.88. The number of amides is 1. The Kier molecular flexibility index (Phi) is 5.27. The molecule has 0 fully saturated rings. The number of rotatable bonds is 3. The van der Waals surface area contributed by atoms with Gasteiger partial charge in [-0.05, 0) is 61.9 Å². The summed E-state index contributed by atoms with van der Waals surface area (Å²) in [6, 6.07) is 20.6. The lowest BCUT2D eigenvalue weighted by Crippen LogP contribution is -2.22. The second-order valence-corrected chi connectivity index (χ2v) is 7.58. The highest BCUT2D eigenvalue weighted by Gasteiger charge is 2.14. The van der Waals surface area contributed by atoms with E-state index in [1.807, 2.05) is 68.4 Å². The number of nitrogens with one attached hydrogen (secondary N) is 1. The molecule has 0 unspecified atom stereocenters. The number of carbonyl (C=O) groups is 1. The SMILES string of the molecule is Cc1cccc(NC(=O)c2cc3cc(Br)ccc3oc2=Nc2ccccc2C)n1. The molecule has 0 aliphatic rings. The van der Waals surface area contributed by atoms with Gasteiger partial charge in [-0.3, -0.25) is 4.79 Å². The van der Waals surface area contributed by atoms with E-state index in [1.54, 1.807) is 12.1 Å². The van der Waals surface area contributed by atoms with Gasteiger partial charge in [-0.15, -0.1) is 0 Å². The van der Waals surface area contributed by atoms with Gasteiger partial charge in [-0.1, -0.05) is 40.2 Å². The average molecular weight is 448 g/mol. The lowest BCUT2D eigenvalue weighted by atomic mass is 10.1. The Hall–Kier alpha value is -3.25. The van der Waals surface area contributed by atoms with Crippen molar-refractivity contribution in [1.29, 1.82) is 0 Å². The predicted molar refractivity (Wildman–Crippen MR) is 117 cm³/mol. The summed E-state index contributed by atoms with van der Waals surface area (Å²) in [6.45, 7) is 3.84. The fourth-order valence-electron chi connectivity index (χ4n) is 2.94. The molecular formula is C23H18BrN3O2. The molecule has 1 N–H and O–H groups in total. The highest BCUT2D eigenvalue weighted by molar-refractivity contribution is 9.10. The van der Waals surface area contributed by atoms with E-state index >= 15 is 0 Å². The van der Waals surface area contributed by atoms with Gasteiger partial charge in [0, 0.05) is 15.6 Å². The monoisotopic (exact) mass is 447 g/mol. The second kappa shape index (κ2) is 8.01. The van der Waals surface area contributed by atoms with Crippen LogP contribution in [0.5, 0.6) is 0 Å². The van der Waals surface area contributed by atoms with Crippen molar-refractivity contribution >= 4 is 44.3 Å². The fraction of sp³-hybridized carbons (Fsp3) is 0.0870. The Morgan fingerprint density at radius 1 is 1.03 bits per heavy atom. The molecule has 29 heavy (non-hydrogen) atoms. The van der Waals surface area contributed by atoms with E-state index in [2.05, 4.69) is 31.2 Å². The molecule has 0 radical (unpaired) electrons. The quantitative estimate of drug-likeness (QED) is 0.438. The van der Waals surface area contributed by atoms with Crippen LogP contribution in [0.2, 0.25) is 0 Å². The molecule has 6 heteroatoms. The van der Waals surface area contributed by atoms with E-state index in [0.717, 1.165) is 26.8 Å². The third-order valence-electron chi connectivity index (χ3n) is 4.42. The molecular weight excluding hydrogens is 430 g/mol. The Bertz CT molecular complexity index is 1290. The molecule has 2 aromatic carbocycles. The summed E-state index contributed by atoms with van der Waals surface area (Å²) in [6.07, 6.45) is 0. The van der Waals surface area contributed by atoms with Crippen molar-refractivity contribution in [2.24, 2.45) is 4.99 Å². The van der Waals surface area contributed by atoms with E-state index in [4.69, 9.17) is 4.42 Å². The Morgan fingerprint density at radius 3 is 2.66 bits per heavy atom. The van der Waals surface area contributed by atoms with Crippen molar-refractivity contribution in [3.8, 4) is 0 Å². The number of fused-ring (bicyclic) bond motifs is 1. The first-order chi connectivity index (χ1) is 14.0. The molecule has 0 bridgehead atoms. The van der Waals surface area contributed by atoms with Crippen molar-refractivity contribution in [2.75, 3.05) is 5.32 Å². The molecule has 0 saturated carbocycles. The van der Waals surface area contributed by atoms with E-state index < -0.39 is 0 Å². The van der Waals surface area contributed by atoms with Gasteiger partial charge in [0.2, 0.25) is 5.55 Å². The van der Waals surface area contributed by atoms with Gasteiger partial charge in [0.1, 0.15) is 17.0 Å². The van der Waals surface area contributed by atoms with Crippen LogP contribution in [0.15, 0.2) is 80.6 Å². The van der Waals surface area contributed by atoms with Crippen LogP contribution in [-0.2, 0) is 0 Å². The first-order valence-corrected chi connectivity index (χ1v) is 9.88. The molecule has 1 amide bonds. The van der Waals surface area contributed by atoms with E-state index in [9.17, 15) is 4.79 Å². The summed E-state index contributed by atoms with van der Waals surface area (Å²) in [7, 11) is 0. The molecule has 4 aromatic rings. The van der Waals surface area contributed by atoms with Crippen LogP contribution in [0.25, 0.3) is 11.0 Å². The first-order valence-electron chi connectivity index (χ1n) is 9.08. The summed E-state index contributed by atoms with van der Waals surface area (Å²) >= 11 is 3.46. The molecule has 2 heterocycles. The summed E-state index contributed by atoms with van der Waals surface area (Å²) in [5.41, 5.74) is 3.78. The van der Waals surface area contributed by atoms with Crippen molar-refractivity contribution in [1.82, 2.24) is 4.98 Å². The van der Waals surface area contributed by atoms with Gasteiger partial charge in [0.05, 0.1) is 5.69 Å². The number of nitrogens with zero attached hydrogens (tertiary/aromatic N) is 2. The number of halogens is 1. The Labute approximate surface area is 176 Å². The minimum atomic E-state index is -0.332. The predicted octanol–water partition coefficient (Wildman–Crippen LogP) is 5.69. The maximum absolute atomic E-state index is 13.1. The molecule has 144 valence electrons. The first kappa shape index (κ1) is 19.1. The van der Waals surface area contributed by atoms with E-state index in [1.165, 1.54) is 0 Å². The van der Waals surface area contributed by atoms with Gasteiger partial charge >= 0.3 is 0 Å². The van der Waals surface area contributed by atoms with Crippen LogP contribution < -0.4 is 10.9 Å². The number of hydrogen-bond acceptors (Lipinski definition) is 4. The lowest BCUT2D eigenvalue weighted by Gasteiger charge is -2.08. The van der Waals surface area contributed by atoms with Crippen LogP contribution in [0.4, 0.5) is 11.5 Å². The third kappa shape index (κ3) is 4.27. The number of aromatic nitrogens is 1. The number of hydrogen-bond donors (Lipinski definition) is 1. The number of anilines is 1. The zero-order chi connectivity index (χ0) is 20.4. The van der Waals surface area contributed by atoms with Crippen molar-refractivity contribution < 1.29 is 9.21 Å². The summed E-state index contributed by atoms with van der Waals surface area (Å²) in [5.74, 6) is 0.146. The molecule has 0 spiro atoms. The number of benzene rings is 2. The molecule has 4 rings (SSSR count). The number of para-hydroxylation sites is 1.